The average molecular weight is 363 g/mol. The van der Waals surface area contributed by atoms with Crippen molar-refractivity contribution in [1.29, 1.82) is 0 Å². The van der Waals surface area contributed by atoms with Crippen LogP contribution in [-0.2, 0) is 6.54 Å². The zero-order valence-electron chi connectivity index (χ0n) is 15.3. The lowest BCUT2D eigenvalue weighted by Crippen LogP contribution is -2.23. The maximum Gasteiger partial charge on any atom is 0.297 e. The van der Waals surface area contributed by atoms with Gasteiger partial charge in [0.05, 0.1) is 0 Å². The van der Waals surface area contributed by atoms with Crippen LogP contribution in [0, 0.1) is 0 Å². The fraction of sp³-hybridized carbons (Fsp3) is 0.238. The average Bonchev–Trinajstić information content (AvgIpc) is 3.15. The molecule has 138 valence electrons. The Bertz CT molecular complexity index is 1010. The highest BCUT2D eigenvalue weighted by molar-refractivity contribution is 5.46. The Balaban J connectivity index is 1.54. The topological polar surface area (TPSA) is 65.4 Å². The van der Waals surface area contributed by atoms with Crippen LogP contribution in [0.15, 0.2) is 59.7 Å². The molecule has 1 aliphatic rings. The van der Waals surface area contributed by atoms with E-state index in [1.54, 1.807) is 17.0 Å². The van der Waals surface area contributed by atoms with Gasteiger partial charge in [0.2, 0.25) is 6.79 Å². The Morgan fingerprint density at radius 1 is 1.11 bits per heavy atom. The SMILES string of the molecule is CC(C)c1ccc(-n2ccnc(NCc3ccc4c(c3)OCO4)c2=O)cc1. The number of nitrogens with zero attached hydrogens (tertiary/aromatic N) is 2. The van der Waals surface area contributed by atoms with E-state index in [1.807, 2.05) is 42.5 Å². The summed E-state index contributed by atoms with van der Waals surface area (Å²) in [4.78, 5) is 17.0. The van der Waals surface area contributed by atoms with Crippen LogP contribution in [0.2, 0.25) is 0 Å². The molecule has 0 fully saturated rings. The van der Waals surface area contributed by atoms with Crippen LogP contribution in [0.3, 0.4) is 0 Å². The number of ether oxygens (including phenoxy) is 2. The van der Waals surface area contributed by atoms with Crippen molar-refractivity contribution < 1.29 is 9.47 Å². The lowest BCUT2D eigenvalue weighted by Gasteiger charge is -2.11. The Kier molecular flexibility index (Phi) is 4.54. The summed E-state index contributed by atoms with van der Waals surface area (Å²) in [6.45, 7) is 5.00. The second kappa shape index (κ2) is 7.15. The molecule has 1 aromatic heterocycles. The monoisotopic (exact) mass is 363 g/mol. The Morgan fingerprint density at radius 2 is 1.89 bits per heavy atom. The molecular formula is C21H21N3O3. The largest absolute Gasteiger partial charge is 0.454 e. The molecule has 4 rings (SSSR count). The Morgan fingerprint density at radius 3 is 2.67 bits per heavy atom. The minimum Gasteiger partial charge on any atom is -0.454 e. The van der Waals surface area contributed by atoms with E-state index >= 15 is 0 Å². The maximum absolute atomic E-state index is 12.8. The molecule has 2 heterocycles. The number of benzene rings is 2. The van der Waals surface area contributed by atoms with Crippen molar-refractivity contribution in [2.75, 3.05) is 12.1 Å². The zero-order valence-corrected chi connectivity index (χ0v) is 15.3. The first-order chi connectivity index (χ1) is 13.1. The molecule has 3 aromatic rings. The summed E-state index contributed by atoms with van der Waals surface area (Å²) < 4.78 is 12.3. The molecule has 0 bridgehead atoms. The zero-order chi connectivity index (χ0) is 18.8. The van der Waals surface area contributed by atoms with Crippen LogP contribution in [0.5, 0.6) is 11.5 Å². The van der Waals surface area contributed by atoms with Gasteiger partial charge in [-0.3, -0.25) is 9.36 Å². The molecule has 6 heteroatoms. The normalized spacial score (nSPS) is 12.4. The molecule has 0 radical (unpaired) electrons. The van der Waals surface area contributed by atoms with Gasteiger partial charge >= 0.3 is 0 Å². The number of nitrogens with one attached hydrogen (secondary N) is 1. The van der Waals surface area contributed by atoms with Gasteiger partial charge in [-0.2, -0.15) is 0 Å². The van der Waals surface area contributed by atoms with E-state index in [0.717, 1.165) is 22.7 Å². The molecule has 2 aromatic carbocycles. The molecule has 0 spiro atoms. The number of anilines is 1. The third-order valence-electron chi connectivity index (χ3n) is 4.58. The van der Waals surface area contributed by atoms with Crippen LogP contribution in [-0.4, -0.2) is 16.3 Å². The van der Waals surface area contributed by atoms with E-state index in [0.29, 0.717) is 18.3 Å². The lowest BCUT2D eigenvalue weighted by molar-refractivity contribution is 0.174. The molecule has 0 aliphatic carbocycles. The van der Waals surface area contributed by atoms with E-state index < -0.39 is 0 Å². The van der Waals surface area contributed by atoms with E-state index in [9.17, 15) is 4.79 Å². The van der Waals surface area contributed by atoms with Gasteiger partial charge in [0.25, 0.3) is 5.56 Å². The molecule has 0 atom stereocenters. The number of aromatic nitrogens is 2. The summed E-state index contributed by atoms with van der Waals surface area (Å²) in [7, 11) is 0. The van der Waals surface area contributed by atoms with Gasteiger partial charge in [-0.1, -0.05) is 32.0 Å². The van der Waals surface area contributed by atoms with Crippen molar-refractivity contribution in [3.05, 3.63) is 76.3 Å². The van der Waals surface area contributed by atoms with E-state index in [2.05, 4.69) is 24.1 Å². The molecule has 0 saturated carbocycles. The number of rotatable bonds is 5. The van der Waals surface area contributed by atoms with Crippen LogP contribution in [0.25, 0.3) is 5.69 Å². The van der Waals surface area contributed by atoms with E-state index in [1.165, 1.54) is 5.56 Å². The Labute approximate surface area is 157 Å². The van der Waals surface area contributed by atoms with Crippen LogP contribution >= 0.6 is 0 Å². The fourth-order valence-corrected chi connectivity index (χ4v) is 2.99. The highest BCUT2D eigenvalue weighted by Gasteiger charge is 2.13. The molecule has 0 saturated heterocycles. The summed E-state index contributed by atoms with van der Waals surface area (Å²) in [5, 5.41) is 3.12. The second-order valence-corrected chi connectivity index (χ2v) is 6.74. The number of fused-ring (bicyclic) bond motifs is 1. The first-order valence-electron chi connectivity index (χ1n) is 8.92. The summed E-state index contributed by atoms with van der Waals surface area (Å²) in [5.74, 6) is 2.22. The van der Waals surface area contributed by atoms with Crippen LogP contribution < -0.4 is 20.3 Å². The van der Waals surface area contributed by atoms with Gasteiger partial charge in [-0.25, -0.2) is 4.98 Å². The number of hydrogen-bond donors (Lipinski definition) is 1. The maximum atomic E-state index is 12.8. The van der Waals surface area contributed by atoms with Crippen LogP contribution in [0.4, 0.5) is 5.82 Å². The molecule has 0 unspecified atom stereocenters. The van der Waals surface area contributed by atoms with Gasteiger partial charge in [-0.05, 0) is 41.3 Å². The van der Waals surface area contributed by atoms with Crippen molar-refractivity contribution >= 4 is 5.82 Å². The van der Waals surface area contributed by atoms with Gasteiger partial charge in [0.15, 0.2) is 17.3 Å². The summed E-state index contributed by atoms with van der Waals surface area (Å²) in [5.41, 5.74) is 2.85. The molecule has 1 N–H and O–H groups in total. The summed E-state index contributed by atoms with van der Waals surface area (Å²) in [6.07, 6.45) is 3.30. The molecule has 1 aliphatic heterocycles. The highest BCUT2D eigenvalue weighted by atomic mass is 16.7. The smallest absolute Gasteiger partial charge is 0.297 e. The molecule has 27 heavy (non-hydrogen) atoms. The highest BCUT2D eigenvalue weighted by Crippen LogP contribution is 2.32. The van der Waals surface area contributed by atoms with Gasteiger partial charge in [0.1, 0.15) is 0 Å². The number of hydrogen-bond acceptors (Lipinski definition) is 5. The molecular weight excluding hydrogens is 342 g/mol. The predicted molar refractivity (Wildman–Crippen MR) is 104 cm³/mol. The molecule has 6 nitrogen and oxygen atoms in total. The minimum absolute atomic E-state index is 0.185. The lowest BCUT2D eigenvalue weighted by atomic mass is 10.0. The van der Waals surface area contributed by atoms with Crippen molar-refractivity contribution in [3.63, 3.8) is 0 Å². The van der Waals surface area contributed by atoms with Crippen molar-refractivity contribution in [3.8, 4) is 17.2 Å². The first-order valence-corrected chi connectivity index (χ1v) is 8.92. The first kappa shape index (κ1) is 17.1. The van der Waals surface area contributed by atoms with Gasteiger partial charge in [-0.15, -0.1) is 0 Å². The van der Waals surface area contributed by atoms with Crippen molar-refractivity contribution in [2.24, 2.45) is 0 Å². The van der Waals surface area contributed by atoms with Gasteiger partial charge < -0.3 is 14.8 Å². The van der Waals surface area contributed by atoms with E-state index in [4.69, 9.17) is 9.47 Å². The third-order valence-corrected chi connectivity index (χ3v) is 4.58. The standard InChI is InChI=1S/C21H21N3O3/c1-14(2)16-4-6-17(7-5-16)24-10-9-22-20(21(24)25)23-12-15-3-8-18-19(11-15)27-13-26-18/h3-11,14H,12-13H2,1-2H3,(H,22,23). The Hall–Kier alpha value is -3.28. The van der Waals surface area contributed by atoms with Gasteiger partial charge in [0, 0.05) is 24.6 Å². The quantitative estimate of drug-likeness (QED) is 0.749. The second-order valence-electron chi connectivity index (χ2n) is 6.74. The van der Waals surface area contributed by atoms with Crippen molar-refractivity contribution in [2.45, 2.75) is 26.3 Å². The van der Waals surface area contributed by atoms with Crippen LogP contribution in [0.1, 0.15) is 30.9 Å². The molecule has 0 amide bonds. The minimum atomic E-state index is -0.185. The third kappa shape index (κ3) is 3.51. The fourth-order valence-electron chi connectivity index (χ4n) is 2.99. The van der Waals surface area contributed by atoms with Crippen molar-refractivity contribution in [1.82, 2.24) is 9.55 Å². The predicted octanol–water partition coefficient (Wildman–Crippen LogP) is 3.70. The summed E-state index contributed by atoms with van der Waals surface area (Å²) >= 11 is 0. The van der Waals surface area contributed by atoms with E-state index in [-0.39, 0.29) is 12.4 Å². The summed E-state index contributed by atoms with van der Waals surface area (Å²) in [6, 6.07) is 13.7.